The number of anilines is 1. The number of benzene rings is 1. The fourth-order valence-corrected chi connectivity index (χ4v) is 1.17. The Kier molecular flexibility index (Phi) is 3.80. The molecule has 2 N–H and O–H groups in total. The summed E-state index contributed by atoms with van der Waals surface area (Å²) in [6.45, 7) is 1.79. The van der Waals surface area contributed by atoms with E-state index in [9.17, 15) is 15.2 Å². The van der Waals surface area contributed by atoms with Crippen LogP contribution in [0.25, 0.3) is 0 Å². The van der Waals surface area contributed by atoms with Crippen LogP contribution in [-0.4, -0.2) is 16.3 Å². The van der Waals surface area contributed by atoms with Crippen LogP contribution in [0.2, 0.25) is 0 Å². The molecule has 0 heterocycles. The van der Waals surface area contributed by atoms with E-state index in [-0.39, 0.29) is 11.3 Å². The van der Waals surface area contributed by atoms with Crippen molar-refractivity contribution in [1.82, 2.24) is 0 Å². The monoisotopic (exact) mass is 221 g/mol. The number of nitrogens with zero attached hydrogens (tertiary/aromatic N) is 2. The summed E-state index contributed by atoms with van der Waals surface area (Å²) in [7, 11) is 0. The zero-order valence-corrected chi connectivity index (χ0v) is 8.67. The first-order valence-electron chi connectivity index (χ1n) is 4.71. The Hall–Kier alpha value is -2.13. The maximum absolute atomic E-state index is 10.6. The summed E-state index contributed by atoms with van der Waals surface area (Å²) in [6, 6.07) is 5.79. The molecule has 0 saturated carbocycles. The third kappa shape index (κ3) is 2.68. The van der Waals surface area contributed by atoms with E-state index >= 15 is 0 Å². The van der Waals surface area contributed by atoms with Gasteiger partial charge in [0.15, 0.2) is 0 Å². The highest BCUT2D eigenvalue weighted by molar-refractivity contribution is 5.58. The highest BCUT2D eigenvalue weighted by atomic mass is 16.6. The highest BCUT2D eigenvalue weighted by Crippen LogP contribution is 2.22. The standard InChI is InChI=1S/C10H11N3O3/c1-2-10(14)12-8-3-4-9(13(15)16)7(5-8)6-11/h3-5,10,12,14H,2H2,1H3. The van der Waals surface area contributed by atoms with Gasteiger partial charge < -0.3 is 10.4 Å². The molecule has 0 bridgehead atoms. The molecule has 16 heavy (non-hydrogen) atoms. The SMILES string of the molecule is CCC(O)Nc1ccc([N+](=O)[O-])c(C#N)c1. The molecule has 0 fully saturated rings. The molecule has 1 rings (SSSR count). The molecule has 0 spiro atoms. The maximum Gasteiger partial charge on any atom is 0.287 e. The minimum Gasteiger partial charge on any atom is -0.374 e. The summed E-state index contributed by atoms with van der Waals surface area (Å²) < 4.78 is 0. The first kappa shape index (κ1) is 11.9. The van der Waals surface area contributed by atoms with Crippen molar-refractivity contribution in [1.29, 1.82) is 5.26 Å². The topological polar surface area (TPSA) is 99.2 Å². The van der Waals surface area contributed by atoms with Crippen molar-refractivity contribution in [3.05, 3.63) is 33.9 Å². The second-order valence-corrected chi connectivity index (χ2v) is 3.17. The number of rotatable bonds is 4. The zero-order valence-electron chi connectivity index (χ0n) is 8.67. The molecule has 6 nitrogen and oxygen atoms in total. The molecule has 0 saturated heterocycles. The summed E-state index contributed by atoms with van der Waals surface area (Å²) in [5, 5.41) is 31.3. The Morgan fingerprint density at radius 1 is 1.69 bits per heavy atom. The van der Waals surface area contributed by atoms with Crippen LogP contribution in [0.3, 0.4) is 0 Å². The van der Waals surface area contributed by atoms with Crippen LogP contribution in [-0.2, 0) is 0 Å². The van der Waals surface area contributed by atoms with Crippen LogP contribution in [0, 0.1) is 21.4 Å². The fourth-order valence-electron chi connectivity index (χ4n) is 1.17. The third-order valence-corrected chi connectivity index (χ3v) is 2.03. The maximum atomic E-state index is 10.6. The van der Waals surface area contributed by atoms with Crippen molar-refractivity contribution in [2.24, 2.45) is 0 Å². The van der Waals surface area contributed by atoms with Crippen molar-refractivity contribution in [3.63, 3.8) is 0 Å². The lowest BCUT2D eigenvalue weighted by molar-refractivity contribution is -0.385. The Bertz CT molecular complexity index is 439. The Labute approximate surface area is 92.3 Å². The summed E-state index contributed by atoms with van der Waals surface area (Å²) in [5.41, 5.74) is 0.217. The van der Waals surface area contributed by atoms with E-state index in [1.54, 1.807) is 13.0 Å². The van der Waals surface area contributed by atoms with Crippen molar-refractivity contribution in [2.75, 3.05) is 5.32 Å². The van der Waals surface area contributed by atoms with Crippen LogP contribution in [0.15, 0.2) is 18.2 Å². The average molecular weight is 221 g/mol. The van der Waals surface area contributed by atoms with Crippen molar-refractivity contribution < 1.29 is 10.0 Å². The summed E-state index contributed by atoms with van der Waals surface area (Å²) in [6.07, 6.45) is -0.230. The molecule has 1 aromatic rings. The van der Waals surface area contributed by atoms with Gasteiger partial charge in [-0.25, -0.2) is 0 Å². The molecule has 0 aliphatic heterocycles. The highest BCUT2D eigenvalue weighted by Gasteiger charge is 2.14. The molecule has 6 heteroatoms. The third-order valence-electron chi connectivity index (χ3n) is 2.03. The van der Waals surface area contributed by atoms with Crippen molar-refractivity contribution in [2.45, 2.75) is 19.6 Å². The van der Waals surface area contributed by atoms with Gasteiger partial charge in [-0.05, 0) is 18.6 Å². The van der Waals surface area contributed by atoms with Crippen molar-refractivity contribution >= 4 is 11.4 Å². The molecule has 1 unspecified atom stereocenters. The number of hydrogen-bond acceptors (Lipinski definition) is 5. The van der Waals surface area contributed by atoms with Gasteiger partial charge in [0.25, 0.3) is 5.69 Å². The summed E-state index contributed by atoms with van der Waals surface area (Å²) in [4.78, 5) is 9.94. The predicted octanol–water partition coefficient (Wildman–Crippen LogP) is 1.61. The Morgan fingerprint density at radius 2 is 2.38 bits per heavy atom. The van der Waals surface area contributed by atoms with Crippen LogP contribution < -0.4 is 5.32 Å². The average Bonchev–Trinajstić information content (AvgIpc) is 2.28. The number of nitrogens with one attached hydrogen (secondary N) is 1. The molecule has 84 valence electrons. The predicted molar refractivity (Wildman–Crippen MR) is 57.7 cm³/mol. The lowest BCUT2D eigenvalue weighted by Crippen LogP contribution is -2.16. The first-order valence-corrected chi connectivity index (χ1v) is 4.71. The second kappa shape index (κ2) is 5.09. The van der Waals surface area contributed by atoms with E-state index in [0.29, 0.717) is 12.1 Å². The number of nitro groups is 1. The van der Waals surface area contributed by atoms with Crippen molar-refractivity contribution in [3.8, 4) is 6.07 Å². The van der Waals surface area contributed by atoms with Gasteiger partial charge in [0, 0.05) is 11.8 Å². The molecular formula is C10H11N3O3. The number of aliphatic hydroxyl groups excluding tert-OH is 1. The molecule has 1 aromatic carbocycles. The number of aliphatic hydroxyl groups is 1. The minimum atomic E-state index is -0.729. The normalized spacial score (nSPS) is 11.6. The first-order chi connectivity index (χ1) is 7.58. The molecule has 0 radical (unpaired) electrons. The van der Waals surface area contributed by atoms with E-state index in [1.165, 1.54) is 18.2 Å². The van der Waals surface area contributed by atoms with E-state index in [0.717, 1.165) is 0 Å². The number of nitro benzene ring substituents is 1. The lowest BCUT2D eigenvalue weighted by Gasteiger charge is -2.11. The molecular weight excluding hydrogens is 210 g/mol. The van der Waals surface area contributed by atoms with Gasteiger partial charge in [0.1, 0.15) is 17.9 Å². The Morgan fingerprint density at radius 3 is 2.88 bits per heavy atom. The molecule has 0 aliphatic rings. The van der Waals surface area contributed by atoms with Gasteiger partial charge in [-0.2, -0.15) is 5.26 Å². The van der Waals surface area contributed by atoms with Gasteiger partial charge >= 0.3 is 0 Å². The Balaban J connectivity index is 3.01. The smallest absolute Gasteiger partial charge is 0.287 e. The molecule has 0 aliphatic carbocycles. The number of nitriles is 1. The lowest BCUT2D eigenvalue weighted by atomic mass is 10.1. The van der Waals surface area contributed by atoms with Crippen LogP contribution >= 0.6 is 0 Å². The quantitative estimate of drug-likeness (QED) is 0.457. The van der Waals surface area contributed by atoms with E-state index in [1.807, 2.05) is 0 Å². The summed E-state index contributed by atoms with van der Waals surface area (Å²) >= 11 is 0. The van der Waals surface area contributed by atoms with E-state index in [4.69, 9.17) is 5.26 Å². The van der Waals surface area contributed by atoms with Gasteiger partial charge in [-0.15, -0.1) is 0 Å². The fraction of sp³-hybridized carbons (Fsp3) is 0.300. The van der Waals surface area contributed by atoms with Crippen LogP contribution in [0.4, 0.5) is 11.4 Å². The summed E-state index contributed by atoms with van der Waals surface area (Å²) in [5.74, 6) is 0. The zero-order chi connectivity index (χ0) is 12.1. The van der Waals surface area contributed by atoms with Crippen LogP contribution in [0.5, 0.6) is 0 Å². The van der Waals surface area contributed by atoms with Gasteiger partial charge in [0.05, 0.1) is 4.92 Å². The van der Waals surface area contributed by atoms with Gasteiger partial charge in [-0.3, -0.25) is 10.1 Å². The second-order valence-electron chi connectivity index (χ2n) is 3.17. The van der Waals surface area contributed by atoms with E-state index < -0.39 is 11.2 Å². The van der Waals surface area contributed by atoms with Crippen LogP contribution in [0.1, 0.15) is 18.9 Å². The molecule has 0 aromatic heterocycles. The largest absolute Gasteiger partial charge is 0.374 e. The van der Waals surface area contributed by atoms with Gasteiger partial charge in [0.2, 0.25) is 0 Å². The number of hydrogen-bond donors (Lipinski definition) is 2. The molecule has 1 atom stereocenters. The van der Waals surface area contributed by atoms with Gasteiger partial charge in [-0.1, -0.05) is 6.92 Å². The van der Waals surface area contributed by atoms with E-state index in [2.05, 4.69) is 5.32 Å². The minimum absolute atomic E-state index is 0.0293. The molecule has 0 amide bonds.